The Labute approximate surface area is 209 Å². The van der Waals surface area contributed by atoms with Crippen LogP contribution in [0.15, 0.2) is 30.3 Å². The number of carbonyl (C=O) groups is 2. The lowest BCUT2D eigenvalue weighted by Crippen LogP contribution is -2.51. The van der Waals surface area contributed by atoms with Gasteiger partial charge < -0.3 is 30.9 Å². The molecule has 0 saturated carbocycles. The molecule has 0 aliphatic carbocycles. The van der Waals surface area contributed by atoms with Crippen molar-refractivity contribution < 1.29 is 32.6 Å². The van der Waals surface area contributed by atoms with Gasteiger partial charge in [-0.1, -0.05) is 30.3 Å². The van der Waals surface area contributed by atoms with Crippen LogP contribution in [0, 0.1) is 0 Å². The van der Waals surface area contributed by atoms with Crippen LogP contribution in [0.25, 0.3) is 0 Å². The predicted octanol–water partition coefficient (Wildman–Crippen LogP) is -1.08. The minimum absolute atomic E-state index is 0.0563. The number of amides is 2. The molecule has 5 N–H and O–H groups in total. The average Bonchev–Trinajstić information content (AvgIpc) is 3.26. The van der Waals surface area contributed by atoms with Gasteiger partial charge in [-0.05, 0) is 29.8 Å². The standard InChI is InChI=1S/C21H33N7O7S/c1-21(2,22)19(30)24-17(15-34-14-16-6-4-3-5-7-16)18-25-26-27-28(18)9-11-35-20(31)23-8-12-36(32,33)13-10-29/h3-7,17,29H,8-15,22H2,1-2H3,(H,23,31)(H,24,30)/t17-/m1/s1. The summed E-state index contributed by atoms with van der Waals surface area (Å²) in [5.74, 6) is -0.849. The fourth-order valence-corrected chi connectivity index (χ4v) is 3.74. The van der Waals surface area contributed by atoms with E-state index in [9.17, 15) is 18.0 Å². The SMILES string of the molecule is CC(C)(N)C(=O)N[C@H](COCc1ccccc1)c1nnnn1CCOC(=O)NCCS(=O)(=O)CCO. The van der Waals surface area contributed by atoms with Crippen LogP contribution in [0.1, 0.15) is 31.3 Å². The van der Waals surface area contributed by atoms with Crippen molar-refractivity contribution in [1.29, 1.82) is 0 Å². The lowest BCUT2D eigenvalue weighted by Gasteiger charge is -2.23. The molecule has 0 radical (unpaired) electrons. The molecule has 15 heteroatoms. The Morgan fingerprint density at radius 1 is 1.22 bits per heavy atom. The van der Waals surface area contributed by atoms with Gasteiger partial charge in [-0.2, -0.15) is 0 Å². The Morgan fingerprint density at radius 2 is 1.94 bits per heavy atom. The molecule has 1 heterocycles. The first-order chi connectivity index (χ1) is 17.0. The summed E-state index contributed by atoms with van der Waals surface area (Å²) in [7, 11) is -3.45. The highest BCUT2D eigenvalue weighted by Crippen LogP contribution is 2.13. The summed E-state index contributed by atoms with van der Waals surface area (Å²) >= 11 is 0. The van der Waals surface area contributed by atoms with E-state index >= 15 is 0 Å². The second-order valence-electron chi connectivity index (χ2n) is 8.45. The first-order valence-corrected chi connectivity index (χ1v) is 13.0. The molecule has 0 unspecified atom stereocenters. The topological polar surface area (TPSA) is 201 Å². The van der Waals surface area contributed by atoms with Gasteiger partial charge >= 0.3 is 6.09 Å². The normalized spacial score (nSPS) is 12.7. The molecule has 2 aromatic rings. The maximum absolute atomic E-state index is 12.5. The van der Waals surface area contributed by atoms with Crippen molar-refractivity contribution in [1.82, 2.24) is 30.8 Å². The number of nitrogens with zero attached hydrogens (tertiary/aromatic N) is 4. The van der Waals surface area contributed by atoms with Crippen LogP contribution in [0.5, 0.6) is 0 Å². The van der Waals surface area contributed by atoms with Crippen molar-refractivity contribution in [3.05, 3.63) is 41.7 Å². The highest BCUT2D eigenvalue weighted by molar-refractivity contribution is 7.91. The second kappa shape index (κ2) is 13.8. The molecule has 200 valence electrons. The lowest BCUT2D eigenvalue weighted by atomic mass is 10.1. The lowest BCUT2D eigenvalue weighted by molar-refractivity contribution is -0.126. The number of hydrogen-bond acceptors (Lipinski definition) is 11. The summed E-state index contributed by atoms with van der Waals surface area (Å²) in [5, 5.41) is 25.4. The van der Waals surface area contributed by atoms with Gasteiger partial charge in [0.2, 0.25) is 5.91 Å². The van der Waals surface area contributed by atoms with Crippen LogP contribution >= 0.6 is 0 Å². The summed E-state index contributed by atoms with van der Waals surface area (Å²) in [5.41, 5.74) is 5.71. The number of rotatable bonds is 15. The van der Waals surface area contributed by atoms with Crippen LogP contribution in [0.2, 0.25) is 0 Å². The fraction of sp³-hybridized carbons (Fsp3) is 0.571. The van der Waals surface area contributed by atoms with Crippen LogP contribution < -0.4 is 16.4 Å². The number of aliphatic hydroxyl groups excluding tert-OH is 1. The third kappa shape index (κ3) is 10.2. The van der Waals surface area contributed by atoms with Crippen molar-refractivity contribution >= 4 is 21.8 Å². The zero-order valence-electron chi connectivity index (χ0n) is 20.3. The van der Waals surface area contributed by atoms with Crippen molar-refractivity contribution in [2.24, 2.45) is 5.73 Å². The largest absolute Gasteiger partial charge is 0.448 e. The van der Waals surface area contributed by atoms with Crippen LogP contribution in [-0.4, -0.2) is 89.1 Å². The molecule has 0 bridgehead atoms. The maximum atomic E-state index is 12.5. The Hall–Kier alpha value is -3.14. The van der Waals surface area contributed by atoms with Crippen LogP contribution in [-0.2, 0) is 37.3 Å². The molecule has 14 nitrogen and oxygen atoms in total. The molecular formula is C21H33N7O7S. The number of nitrogens with one attached hydrogen (secondary N) is 2. The third-order valence-electron chi connectivity index (χ3n) is 4.78. The van der Waals surface area contributed by atoms with E-state index in [-0.39, 0.29) is 43.6 Å². The number of hydrogen-bond donors (Lipinski definition) is 4. The number of carbonyl (C=O) groups excluding carboxylic acids is 2. The molecule has 0 fully saturated rings. The number of aliphatic hydroxyl groups is 1. The highest BCUT2D eigenvalue weighted by Gasteiger charge is 2.28. The summed E-state index contributed by atoms with van der Waals surface area (Å²) in [6.45, 7) is 2.79. The monoisotopic (exact) mass is 527 g/mol. The number of tetrazole rings is 1. The van der Waals surface area contributed by atoms with E-state index in [1.54, 1.807) is 13.8 Å². The van der Waals surface area contributed by atoms with E-state index in [0.717, 1.165) is 5.56 Å². The Balaban J connectivity index is 1.94. The van der Waals surface area contributed by atoms with Crippen molar-refractivity contribution in [2.75, 3.05) is 37.9 Å². The Kier molecular flexibility index (Phi) is 11.2. The zero-order chi connectivity index (χ0) is 26.6. The average molecular weight is 528 g/mol. The number of aromatic nitrogens is 4. The fourth-order valence-electron chi connectivity index (χ4n) is 2.84. The van der Waals surface area contributed by atoms with E-state index in [1.165, 1.54) is 4.68 Å². The molecule has 1 aromatic heterocycles. The number of ether oxygens (including phenoxy) is 2. The summed E-state index contributed by atoms with van der Waals surface area (Å²) in [6.07, 6.45) is -0.815. The van der Waals surface area contributed by atoms with Gasteiger partial charge in [0.05, 0.1) is 43.4 Å². The zero-order valence-corrected chi connectivity index (χ0v) is 21.1. The van der Waals surface area contributed by atoms with Gasteiger partial charge in [0, 0.05) is 6.54 Å². The quantitative estimate of drug-likeness (QED) is 0.219. The maximum Gasteiger partial charge on any atom is 0.407 e. The first-order valence-electron chi connectivity index (χ1n) is 11.2. The number of nitrogens with two attached hydrogens (primary N) is 1. The second-order valence-corrected chi connectivity index (χ2v) is 10.8. The van der Waals surface area contributed by atoms with Gasteiger partial charge in [-0.3, -0.25) is 4.79 Å². The van der Waals surface area contributed by atoms with Gasteiger partial charge in [0.15, 0.2) is 15.7 Å². The van der Waals surface area contributed by atoms with E-state index in [4.69, 9.17) is 20.3 Å². The first kappa shape index (κ1) is 29.1. The molecule has 1 aromatic carbocycles. The summed E-state index contributed by atoms with van der Waals surface area (Å²) in [4.78, 5) is 24.4. The van der Waals surface area contributed by atoms with E-state index < -0.39 is 40.0 Å². The minimum Gasteiger partial charge on any atom is -0.448 e. The van der Waals surface area contributed by atoms with E-state index in [1.807, 2.05) is 30.3 Å². The Morgan fingerprint density at radius 3 is 2.61 bits per heavy atom. The minimum atomic E-state index is -3.45. The molecule has 1 atom stereocenters. The number of sulfone groups is 1. The molecule has 36 heavy (non-hydrogen) atoms. The van der Waals surface area contributed by atoms with Gasteiger partial charge in [-0.15, -0.1) is 5.10 Å². The van der Waals surface area contributed by atoms with Crippen molar-refractivity contribution in [3.63, 3.8) is 0 Å². The van der Waals surface area contributed by atoms with Crippen molar-refractivity contribution in [2.45, 2.75) is 38.6 Å². The predicted molar refractivity (Wildman–Crippen MR) is 128 cm³/mol. The van der Waals surface area contributed by atoms with Gasteiger partial charge in [0.1, 0.15) is 12.6 Å². The van der Waals surface area contributed by atoms with Crippen LogP contribution in [0.4, 0.5) is 4.79 Å². The smallest absolute Gasteiger partial charge is 0.407 e. The summed E-state index contributed by atoms with van der Waals surface area (Å²) < 4.78 is 35.3. The Bertz CT molecular complexity index is 1070. The molecule has 2 rings (SSSR count). The molecule has 0 spiro atoms. The third-order valence-corrected chi connectivity index (χ3v) is 6.41. The number of alkyl carbamates (subject to hydrolysis) is 1. The van der Waals surface area contributed by atoms with E-state index in [2.05, 4.69) is 26.2 Å². The van der Waals surface area contributed by atoms with Gasteiger partial charge in [0.25, 0.3) is 0 Å². The summed E-state index contributed by atoms with van der Waals surface area (Å²) in [6, 6.07) is 8.76. The molecule has 0 saturated heterocycles. The van der Waals surface area contributed by atoms with Gasteiger partial charge in [-0.25, -0.2) is 17.9 Å². The molecule has 0 aliphatic rings. The highest BCUT2D eigenvalue weighted by atomic mass is 32.2. The molecule has 2 amide bonds. The van der Waals surface area contributed by atoms with E-state index in [0.29, 0.717) is 6.61 Å². The molecule has 0 aliphatic heterocycles. The molecular weight excluding hydrogens is 494 g/mol. The van der Waals surface area contributed by atoms with Crippen molar-refractivity contribution in [3.8, 4) is 0 Å². The van der Waals surface area contributed by atoms with Crippen LogP contribution in [0.3, 0.4) is 0 Å². The number of benzene rings is 1.